The maximum Gasteiger partial charge on any atom is 0.0311 e. The number of nitrogens with one attached hydrogen (secondary N) is 2. The zero-order valence-corrected chi connectivity index (χ0v) is 7.84. The minimum Gasteiger partial charge on any atom is -0.317 e. The van der Waals surface area contributed by atoms with Crippen LogP contribution in [0.1, 0.15) is 12.8 Å². The zero-order valence-electron chi connectivity index (χ0n) is 7.02. The molecule has 2 N–H and O–H groups in total. The van der Waals surface area contributed by atoms with E-state index in [0.29, 0.717) is 5.92 Å². The minimum absolute atomic E-state index is 0.573. The molecule has 0 bridgehead atoms. The van der Waals surface area contributed by atoms with Crippen LogP contribution in [-0.2, 0) is 0 Å². The van der Waals surface area contributed by atoms with Crippen molar-refractivity contribution in [2.24, 2.45) is 5.92 Å². The molecule has 1 rings (SSSR count). The number of piperidine rings is 1. The molecule has 1 heterocycles. The average Bonchev–Trinajstić information content (AvgIpc) is 2.07. The maximum atomic E-state index is 7.73. The molecule has 2 nitrogen and oxygen atoms in total. The highest BCUT2D eigenvalue weighted by Gasteiger charge is 2.16. The van der Waals surface area contributed by atoms with Gasteiger partial charge in [0.25, 0.3) is 0 Å². The predicted molar refractivity (Wildman–Crippen MR) is 51.7 cm³/mol. The standard InChI is InChI=1S/C8H16N2S/c1-11-6-8(9)7-2-4-10-5-3-7/h7,9-10H,2-6H2,1H3. The summed E-state index contributed by atoms with van der Waals surface area (Å²) in [7, 11) is 0. The molecular weight excluding hydrogens is 156 g/mol. The number of rotatable bonds is 3. The number of hydrogen-bond donors (Lipinski definition) is 2. The van der Waals surface area contributed by atoms with Crippen molar-refractivity contribution in [3.8, 4) is 0 Å². The van der Waals surface area contributed by atoms with Gasteiger partial charge in [0.15, 0.2) is 0 Å². The first-order valence-electron chi connectivity index (χ1n) is 4.11. The Hall–Kier alpha value is -0.0200. The van der Waals surface area contributed by atoms with Crippen molar-refractivity contribution in [3.63, 3.8) is 0 Å². The van der Waals surface area contributed by atoms with E-state index >= 15 is 0 Å². The number of hydrogen-bond acceptors (Lipinski definition) is 3. The van der Waals surface area contributed by atoms with Gasteiger partial charge in [0.1, 0.15) is 0 Å². The van der Waals surface area contributed by atoms with Crippen molar-refractivity contribution in [2.45, 2.75) is 12.8 Å². The van der Waals surface area contributed by atoms with Gasteiger partial charge in [-0.05, 0) is 38.1 Å². The van der Waals surface area contributed by atoms with E-state index in [1.165, 1.54) is 12.8 Å². The SMILES string of the molecule is CSCC(=N)C1CCNCC1. The van der Waals surface area contributed by atoms with Crippen LogP contribution in [0.15, 0.2) is 0 Å². The van der Waals surface area contributed by atoms with Gasteiger partial charge in [0.2, 0.25) is 0 Å². The Kier molecular flexibility index (Phi) is 3.94. The number of thioether (sulfide) groups is 1. The van der Waals surface area contributed by atoms with Crippen LogP contribution in [0.3, 0.4) is 0 Å². The summed E-state index contributed by atoms with van der Waals surface area (Å²) in [6, 6.07) is 0. The van der Waals surface area contributed by atoms with Crippen molar-refractivity contribution in [1.29, 1.82) is 5.41 Å². The first-order chi connectivity index (χ1) is 5.34. The Labute approximate surface area is 72.6 Å². The maximum absolute atomic E-state index is 7.73. The summed E-state index contributed by atoms with van der Waals surface area (Å²) < 4.78 is 0. The molecule has 0 unspecified atom stereocenters. The molecule has 1 fully saturated rings. The van der Waals surface area contributed by atoms with E-state index in [0.717, 1.165) is 24.6 Å². The van der Waals surface area contributed by atoms with Crippen molar-refractivity contribution in [2.75, 3.05) is 25.1 Å². The Morgan fingerprint density at radius 2 is 2.18 bits per heavy atom. The molecule has 0 radical (unpaired) electrons. The topological polar surface area (TPSA) is 35.9 Å². The molecule has 0 amide bonds. The lowest BCUT2D eigenvalue weighted by molar-refractivity contribution is 0.454. The Morgan fingerprint density at radius 3 is 2.73 bits per heavy atom. The first-order valence-corrected chi connectivity index (χ1v) is 5.51. The second kappa shape index (κ2) is 4.78. The highest BCUT2D eigenvalue weighted by molar-refractivity contribution is 7.99. The molecule has 0 atom stereocenters. The molecule has 0 aliphatic carbocycles. The third-order valence-corrected chi connectivity index (χ3v) is 2.73. The van der Waals surface area contributed by atoms with Crippen molar-refractivity contribution in [3.05, 3.63) is 0 Å². The van der Waals surface area contributed by atoms with Crippen LogP contribution < -0.4 is 5.32 Å². The van der Waals surface area contributed by atoms with E-state index < -0.39 is 0 Å². The molecule has 0 spiro atoms. The molecular formula is C8H16N2S. The highest BCUT2D eigenvalue weighted by atomic mass is 32.2. The van der Waals surface area contributed by atoms with Gasteiger partial charge in [-0.15, -0.1) is 0 Å². The summed E-state index contributed by atoms with van der Waals surface area (Å²) in [4.78, 5) is 0. The first kappa shape index (κ1) is 9.07. The largest absolute Gasteiger partial charge is 0.317 e. The third kappa shape index (κ3) is 2.83. The van der Waals surface area contributed by atoms with Crippen LogP contribution >= 0.6 is 11.8 Å². The van der Waals surface area contributed by atoms with E-state index in [1.54, 1.807) is 11.8 Å². The van der Waals surface area contributed by atoms with E-state index in [9.17, 15) is 0 Å². The van der Waals surface area contributed by atoms with Gasteiger partial charge in [-0.1, -0.05) is 0 Å². The molecule has 1 aliphatic heterocycles. The average molecular weight is 172 g/mol. The molecule has 0 aromatic heterocycles. The fourth-order valence-corrected chi connectivity index (χ4v) is 1.99. The summed E-state index contributed by atoms with van der Waals surface area (Å²) in [5.74, 6) is 1.49. The van der Waals surface area contributed by atoms with Crippen molar-refractivity contribution >= 4 is 17.5 Å². The lowest BCUT2D eigenvalue weighted by Crippen LogP contribution is -2.32. The van der Waals surface area contributed by atoms with Crippen LogP contribution in [-0.4, -0.2) is 30.8 Å². The molecule has 1 saturated heterocycles. The lowest BCUT2D eigenvalue weighted by atomic mass is 9.94. The van der Waals surface area contributed by atoms with Gasteiger partial charge in [0, 0.05) is 11.5 Å². The second-order valence-electron chi connectivity index (χ2n) is 2.98. The summed E-state index contributed by atoms with van der Waals surface area (Å²) in [6.45, 7) is 2.20. The van der Waals surface area contributed by atoms with Gasteiger partial charge in [-0.25, -0.2) is 0 Å². The van der Waals surface area contributed by atoms with E-state index in [-0.39, 0.29) is 0 Å². The lowest BCUT2D eigenvalue weighted by Gasteiger charge is -2.22. The van der Waals surface area contributed by atoms with E-state index in [1.807, 2.05) is 0 Å². The van der Waals surface area contributed by atoms with Crippen molar-refractivity contribution < 1.29 is 0 Å². The Balaban J connectivity index is 2.27. The summed E-state index contributed by atoms with van der Waals surface area (Å²) in [5, 5.41) is 11.0. The molecule has 11 heavy (non-hydrogen) atoms. The van der Waals surface area contributed by atoms with Crippen LogP contribution in [0.5, 0.6) is 0 Å². The fourth-order valence-electron chi connectivity index (χ4n) is 1.44. The van der Waals surface area contributed by atoms with E-state index in [4.69, 9.17) is 5.41 Å². The van der Waals surface area contributed by atoms with Crippen LogP contribution in [0.2, 0.25) is 0 Å². The minimum atomic E-state index is 0.573. The van der Waals surface area contributed by atoms with E-state index in [2.05, 4.69) is 11.6 Å². The summed E-state index contributed by atoms with van der Waals surface area (Å²) >= 11 is 1.76. The quantitative estimate of drug-likeness (QED) is 0.631. The smallest absolute Gasteiger partial charge is 0.0311 e. The predicted octanol–water partition coefficient (Wildman–Crippen LogP) is 1.37. The van der Waals surface area contributed by atoms with Gasteiger partial charge in [-0.2, -0.15) is 11.8 Å². The Morgan fingerprint density at radius 1 is 1.55 bits per heavy atom. The van der Waals surface area contributed by atoms with Crippen LogP contribution in [0.25, 0.3) is 0 Å². The molecule has 1 aliphatic rings. The Bertz CT molecular complexity index is 130. The van der Waals surface area contributed by atoms with Gasteiger partial charge in [0.05, 0.1) is 0 Å². The monoisotopic (exact) mass is 172 g/mol. The van der Waals surface area contributed by atoms with Gasteiger partial charge in [-0.3, -0.25) is 0 Å². The molecule has 64 valence electrons. The normalized spacial score (nSPS) is 20.1. The molecule has 3 heteroatoms. The van der Waals surface area contributed by atoms with Crippen LogP contribution in [0.4, 0.5) is 0 Å². The summed E-state index contributed by atoms with van der Waals surface area (Å²) in [6.07, 6.45) is 4.40. The molecule has 0 saturated carbocycles. The van der Waals surface area contributed by atoms with Gasteiger partial charge < -0.3 is 10.7 Å². The highest BCUT2D eigenvalue weighted by Crippen LogP contribution is 2.14. The third-order valence-electron chi connectivity index (χ3n) is 2.13. The fraction of sp³-hybridized carbons (Fsp3) is 0.875. The van der Waals surface area contributed by atoms with Crippen molar-refractivity contribution in [1.82, 2.24) is 5.32 Å². The second-order valence-corrected chi connectivity index (χ2v) is 3.85. The zero-order chi connectivity index (χ0) is 8.10. The molecule has 0 aromatic rings. The molecule has 0 aromatic carbocycles. The van der Waals surface area contributed by atoms with Gasteiger partial charge >= 0.3 is 0 Å². The van der Waals surface area contributed by atoms with Crippen LogP contribution in [0, 0.1) is 11.3 Å². The summed E-state index contributed by atoms with van der Waals surface area (Å²) in [5.41, 5.74) is 0.944.